The monoisotopic (exact) mass is 405 g/mol. The van der Waals surface area contributed by atoms with Gasteiger partial charge in [-0.2, -0.15) is 5.01 Å². The van der Waals surface area contributed by atoms with Gasteiger partial charge in [0.1, 0.15) is 5.54 Å². The van der Waals surface area contributed by atoms with E-state index in [0.717, 1.165) is 17.7 Å². The Balaban J connectivity index is 1.57. The van der Waals surface area contributed by atoms with Crippen LogP contribution in [0.4, 0.5) is 4.79 Å². The molecule has 2 aliphatic rings. The van der Waals surface area contributed by atoms with Crippen LogP contribution in [0.5, 0.6) is 0 Å². The molecule has 1 aliphatic heterocycles. The van der Waals surface area contributed by atoms with Crippen molar-refractivity contribution in [1.82, 2.24) is 15.8 Å². The van der Waals surface area contributed by atoms with E-state index in [1.165, 1.54) is 11.8 Å². The highest BCUT2D eigenvalue weighted by molar-refractivity contribution is 7.98. The molecule has 0 radical (unpaired) electrons. The molecule has 0 bridgehead atoms. The maximum absolute atomic E-state index is 12.7. The SMILES string of the molecule is CSc1ccccc1C(=O)OCC(=O)NN1C(=O)NC2(CCC(C)CC2)C1=O. The molecule has 1 aromatic carbocycles. The van der Waals surface area contributed by atoms with Gasteiger partial charge in [-0.15, -0.1) is 11.8 Å². The van der Waals surface area contributed by atoms with Crippen molar-refractivity contribution in [1.29, 1.82) is 0 Å². The Morgan fingerprint density at radius 2 is 1.96 bits per heavy atom. The first-order valence-electron chi connectivity index (χ1n) is 9.12. The lowest BCUT2D eigenvalue weighted by Gasteiger charge is -2.33. The number of rotatable bonds is 5. The second-order valence-electron chi connectivity index (χ2n) is 7.15. The van der Waals surface area contributed by atoms with Crippen LogP contribution < -0.4 is 10.7 Å². The first-order valence-corrected chi connectivity index (χ1v) is 10.3. The maximum Gasteiger partial charge on any atom is 0.344 e. The van der Waals surface area contributed by atoms with Crippen LogP contribution in [0.3, 0.4) is 0 Å². The van der Waals surface area contributed by atoms with Gasteiger partial charge in [0.05, 0.1) is 5.56 Å². The number of carbonyl (C=O) groups is 4. The third-order valence-corrected chi connectivity index (χ3v) is 5.98. The zero-order chi connectivity index (χ0) is 20.3. The van der Waals surface area contributed by atoms with E-state index >= 15 is 0 Å². The van der Waals surface area contributed by atoms with Crippen molar-refractivity contribution in [2.24, 2.45) is 5.92 Å². The van der Waals surface area contributed by atoms with Gasteiger partial charge in [0.2, 0.25) is 0 Å². The van der Waals surface area contributed by atoms with Crippen LogP contribution in [0.2, 0.25) is 0 Å². The summed E-state index contributed by atoms with van der Waals surface area (Å²) in [7, 11) is 0. The van der Waals surface area contributed by atoms with Crippen molar-refractivity contribution in [2.45, 2.75) is 43.0 Å². The molecule has 0 aromatic heterocycles. The Hall–Kier alpha value is -2.55. The van der Waals surface area contributed by atoms with Gasteiger partial charge in [0.25, 0.3) is 11.8 Å². The number of nitrogens with one attached hydrogen (secondary N) is 2. The van der Waals surface area contributed by atoms with Crippen LogP contribution in [-0.4, -0.2) is 47.2 Å². The number of hydrogen-bond donors (Lipinski definition) is 2. The summed E-state index contributed by atoms with van der Waals surface area (Å²) in [6.45, 7) is 1.51. The van der Waals surface area contributed by atoms with Crippen LogP contribution in [0.1, 0.15) is 43.0 Å². The minimum Gasteiger partial charge on any atom is -0.452 e. The number of ether oxygens (including phenoxy) is 1. The summed E-state index contributed by atoms with van der Waals surface area (Å²) in [4.78, 5) is 49.9. The fourth-order valence-corrected chi connectivity index (χ4v) is 4.08. The van der Waals surface area contributed by atoms with Crippen molar-refractivity contribution in [2.75, 3.05) is 12.9 Å². The number of benzene rings is 1. The average Bonchev–Trinajstić information content (AvgIpc) is 2.92. The molecule has 1 heterocycles. The molecule has 1 saturated carbocycles. The number of urea groups is 1. The Kier molecular flexibility index (Phi) is 5.93. The summed E-state index contributed by atoms with van der Waals surface area (Å²) < 4.78 is 5.03. The van der Waals surface area contributed by atoms with Gasteiger partial charge in [0, 0.05) is 4.90 Å². The van der Waals surface area contributed by atoms with Gasteiger partial charge in [-0.25, -0.2) is 9.59 Å². The van der Waals surface area contributed by atoms with Gasteiger partial charge in [-0.3, -0.25) is 15.0 Å². The normalized spacial score (nSPS) is 24.2. The van der Waals surface area contributed by atoms with Gasteiger partial charge in [0.15, 0.2) is 6.61 Å². The molecule has 1 aliphatic carbocycles. The zero-order valence-corrected chi connectivity index (χ0v) is 16.6. The summed E-state index contributed by atoms with van der Waals surface area (Å²) in [6.07, 6.45) is 4.59. The molecule has 2 fully saturated rings. The first-order chi connectivity index (χ1) is 13.4. The summed E-state index contributed by atoms with van der Waals surface area (Å²) in [5.41, 5.74) is 1.66. The lowest BCUT2D eigenvalue weighted by molar-refractivity contribution is -0.141. The highest BCUT2D eigenvalue weighted by Crippen LogP contribution is 2.35. The number of carbonyl (C=O) groups excluding carboxylic acids is 4. The first kappa shape index (κ1) is 20.2. The highest BCUT2D eigenvalue weighted by Gasteiger charge is 2.52. The quantitative estimate of drug-likeness (QED) is 0.442. The number of hydrogen-bond acceptors (Lipinski definition) is 6. The van der Waals surface area contributed by atoms with Crippen LogP contribution in [-0.2, 0) is 14.3 Å². The molecule has 0 atom stereocenters. The summed E-state index contributed by atoms with van der Waals surface area (Å²) in [5.74, 6) is -1.35. The van der Waals surface area contributed by atoms with E-state index in [1.807, 2.05) is 6.26 Å². The second kappa shape index (κ2) is 8.22. The average molecular weight is 405 g/mol. The van der Waals surface area contributed by atoms with Crippen LogP contribution in [0.15, 0.2) is 29.2 Å². The molecule has 1 saturated heterocycles. The third kappa shape index (κ3) is 3.99. The van der Waals surface area contributed by atoms with E-state index in [9.17, 15) is 19.2 Å². The minimum atomic E-state index is -0.940. The number of esters is 1. The zero-order valence-electron chi connectivity index (χ0n) is 15.8. The number of amides is 4. The van der Waals surface area contributed by atoms with E-state index in [1.54, 1.807) is 24.3 Å². The van der Waals surface area contributed by atoms with Crippen LogP contribution in [0, 0.1) is 5.92 Å². The van der Waals surface area contributed by atoms with Gasteiger partial charge in [-0.05, 0) is 50.0 Å². The molecule has 9 heteroatoms. The smallest absolute Gasteiger partial charge is 0.344 e. The molecule has 1 spiro atoms. The summed E-state index contributed by atoms with van der Waals surface area (Å²) >= 11 is 1.39. The molecule has 3 rings (SSSR count). The van der Waals surface area contributed by atoms with Crippen molar-refractivity contribution >= 4 is 35.6 Å². The van der Waals surface area contributed by atoms with Crippen molar-refractivity contribution in [3.8, 4) is 0 Å². The summed E-state index contributed by atoms with van der Waals surface area (Å²) in [6, 6.07) is 6.23. The number of imide groups is 1. The lowest BCUT2D eigenvalue weighted by Crippen LogP contribution is -2.52. The third-order valence-electron chi connectivity index (χ3n) is 5.19. The fourth-order valence-electron chi connectivity index (χ4n) is 3.49. The molecular formula is C19H23N3O5S. The molecule has 1 aromatic rings. The van der Waals surface area contributed by atoms with Crippen LogP contribution in [0.25, 0.3) is 0 Å². The van der Waals surface area contributed by atoms with Gasteiger partial charge in [-0.1, -0.05) is 19.1 Å². The number of nitrogens with zero attached hydrogens (tertiary/aromatic N) is 1. The van der Waals surface area contributed by atoms with E-state index in [-0.39, 0.29) is 0 Å². The van der Waals surface area contributed by atoms with E-state index in [0.29, 0.717) is 29.3 Å². The minimum absolute atomic E-state index is 0.355. The van der Waals surface area contributed by atoms with Crippen molar-refractivity contribution in [3.63, 3.8) is 0 Å². The Morgan fingerprint density at radius 3 is 2.64 bits per heavy atom. The van der Waals surface area contributed by atoms with Crippen LogP contribution >= 0.6 is 11.8 Å². The standard InChI is InChI=1S/C19H23N3O5S/c1-12-7-9-19(10-8-12)17(25)22(18(26)20-19)21-15(23)11-27-16(24)13-5-3-4-6-14(13)28-2/h3-6,12H,7-11H2,1-2H3,(H,20,26)(H,21,23). The topological polar surface area (TPSA) is 105 Å². The molecule has 0 unspecified atom stereocenters. The van der Waals surface area contributed by atoms with E-state index in [4.69, 9.17) is 4.74 Å². The molecule has 4 amide bonds. The molecule has 150 valence electrons. The van der Waals surface area contributed by atoms with Crippen molar-refractivity contribution < 1.29 is 23.9 Å². The molecule has 8 nitrogen and oxygen atoms in total. The lowest BCUT2D eigenvalue weighted by atomic mass is 9.77. The molecular weight excluding hydrogens is 382 g/mol. The molecule has 2 N–H and O–H groups in total. The Morgan fingerprint density at radius 1 is 1.29 bits per heavy atom. The van der Waals surface area contributed by atoms with E-state index < -0.39 is 36.0 Å². The van der Waals surface area contributed by atoms with E-state index in [2.05, 4.69) is 17.7 Å². The largest absolute Gasteiger partial charge is 0.452 e. The number of thioether (sulfide) groups is 1. The second-order valence-corrected chi connectivity index (χ2v) is 7.99. The van der Waals surface area contributed by atoms with Crippen molar-refractivity contribution in [3.05, 3.63) is 29.8 Å². The van der Waals surface area contributed by atoms with Gasteiger partial charge >= 0.3 is 12.0 Å². The summed E-state index contributed by atoms with van der Waals surface area (Å²) in [5, 5.41) is 3.41. The predicted octanol–water partition coefficient (Wildman–Crippen LogP) is 2.10. The maximum atomic E-state index is 12.7. The Labute approximate surface area is 167 Å². The Bertz CT molecular complexity index is 805. The fraction of sp³-hybridized carbons (Fsp3) is 0.474. The number of hydrazine groups is 1. The highest BCUT2D eigenvalue weighted by atomic mass is 32.2. The van der Waals surface area contributed by atoms with Gasteiger partial charge < -0.3 is 10.1 Å². The predicted molar refractivity (Wildman–Crippen MR) is 102 cm³/mol. The molecule has 28 heavy (non-hydrogen) atoms.